The van der Waals surface area contributed by atoms with Crippen molar-refractivity contribution in [2.24, 2.45) is 0 Å². The Hall–Kier alpha value is 0.890. The number of hydrogen-bond donors (Lipinski definition) is 0. The molecular formula is C5HCl2F5S3. The topological polar surface area (TPSA) is 0 Å². The summed E-state index contributed by atoms with van der Waals surface area (Å²) in [6.45, 7) is 0. The summed E-state index contributed by atoms with van der Waals surface area (Å²) in [5.74, 6) is -6.00. The molecule has 0 aromatic rings. The number of allylic oxidation sites excluding steroid dienone is 1. The number of hydrogen-bond acceptors (Lipinski definition) is 2. The van der Waals surface area contributed by atoms with Crippen molar-refractivity contribution in [3.05, 3.63) is 10.1 Å². The van der Waals surface area contributed by atoms with Gasteiger partial charge < -0.3 is 0 Å². The van der Waals surface area contributed by atoms with Gasteiger partial charge in [-0.2, -0.15) is 8.78 Å². The quantitative estimate of drug-likeness (QED) is 0.399. The zero-order valence-corrected chi connectivity index (χ0v) is 10.4. The van der Waals surface area contributed by atoms with Gasteiger partial charge in [0, 0.05) is 0 Å². The number of halogens is 7. The lowest BCUT2D eigenvalue weighted by Crippen LogP contribution is -2.36. The second-order valence-electron chi connectivity index (χ2n) is 2.24. The third-order valence-electron chi connectivity index (χ3n) is 1.33. The predicted molar refractivity (Wildman–Crippen MR) is 58.6 cm³/mol. The molecule has 0 N–H and O–H groups in total. The highest BCUT2D eigenvalue weighted by Crippen LogP contribution is 2.58. The molecule has 1 atom stereocenters. The zero-order valence-electron chi connectivity index (χ0n) is 6.45. The van der Waals surface area contributed by atoms with Crippen LogP contribution < -0.4 is 0 Å². The highest BCUT2D eigenvalue weighted by molar-refractivity contribution is 8.95. The average Bonchev–Trinajstić information content (AvgIpc) is 2.41. The van der Waals surface area contributed by atoms with Crippen LogP contribution in [-0.2, 0) is 0 Å². The molecule has 0 aromatic heterocycles. The molecule has 0 amide bonds. The van der Waals surface area contributed by atoms with Gasteiger partial charge in [0.1, 0.15) is 9.10 Å². The predicted octanol–water partition coefficient (Wildman–Crippen LogP) is 5.17. The van der Waals surface area contributed by atoms with E-state index < -0.39 is 31.8 Å². The smallest absolute Gasteiger partial charge is 0.204 e. The van der Waals surface area contributed by atoms with E-state index in [4.69, 9.17) is 21.4 Å². The maximum Gasteiger partial charge on any atom is 0.342 e. The fraction of sp³-hybridized carbons (Fsp3) is 0.400. The Morgan fingerprint density at radius 1 is 1.40 bits per heavy atom. The third kappa shape index (κ3) is 2.59. The molecule has 0 bridgehead atoms. The Bertz CT molecular complexity index is 340. The van der Waals surface area contributed by atoms with E-state index in [9.17, 15) is 22.0 Å². The van der Waals surface area contributed by atoms with Gasteiger partial charge in [-0.05, 0) is 51.9 Å². The van der Waals surface area contributed by atoms with Crippen molar-refractivity contribution in [3.8, 4) is 0 Å². The van der Waals surface area contributed by atoms with Gasteiger partial charge in [0.15, 0.2) is 5.83 Å². The first-order chi connectivity index (χ1) is 6.82. The van der Waals surface area contributed by atoms with E-state index in [1.807, 2.05) is 0 Å². The minimum Gasteiger partial charge on any atom is -0.204 e. The van der Waals surface area contributed by atoms with Crippen molar-refractivity contribution in [2.45, 2.75) is 12.3 Å². The van der Waals surface area contributed by atoms with Gasteiger partial charge in [-0.25, -0.2) is 13.2 Å². The molecule has 1 aliphatic heterocycles. The third-order valence-corrected chi connectivity index (χ3v) is 6.93. The summed E-state index contributed by atoms with van der Waals surface area (Å²) in [7, 11) is 9.53. The van der Waals surface area contributed by atoms with Crippen LogP contribution in [0, 0.1) is 0 Å². The highest BCUT2D eigenvalue weighted by atomic mass is 35.7. The molecule has 0 radical (unpaired) electrons. The molecule has 0 aliphatic carbocycles. The van der Waals surface area contributed by atoms with Crippen molar-refractivity contribution < 1.29 is 22.0 Å². The molecule has 1 aliphatic rings. The Labute approximate surface area is 101 Å². The molecule has 0 saturated carbocycles. The first-order valence-corrected chi connectivity index (χ1v) is 8.16. The van der Waals surface area contributed by atoms with Gasteiger partial charge in [-0.15, -0.1) is 0 Å². The molecule has 1 rings (SSSR count). The summed E-state index contributed by atoms with van der Waals surface area (Å²) >= 11 is 0. The molecular weight excluding hydrogens is 322 g/mol. The van der Waals surface area contributed by atoms with Crippen LogP contribution in [0.2, 0.25) is 0 Å². The second kappa shape index (κ2) is 5.03. The van der Waals surface area contributed by atoms with Crippen LogP contribution in [-0.4, -0.2) is 17.2 Å². The van der Waals surface area contributed by atoms with E-state index in [1.165, 1.54) is 0 Å². The maximum atomic E-state index is 13.2. The Morgan fingerprint density at radius 2 is 1.93 bits per heavy atom. The largest absolute Gasteiger partial charge is 0.342 e. The summed E-state index contributed by atoms with van der Waals surface area (Å²) in [6.07, 6.45) is -3.99. The summed E-state index contributed by atoms with van der Waals surface area (Å²) in [5.41, 5.74) is 0. The normalized spacial score (nSPS) is 23.2. The van der Waals surface area contributed by atoms with Crippen molar-refractivity contribution in [3.63, 3.8) is 0 Å². The van der Waals surface area contributed by atoms with Crippen LogP contribution in [0.15, 0.2) is 10.1 Å². The van der Waals surface area contributed by atoms with Crippen LogP contribution >= 0.6 is 51.9 Å². The molecule has 1 heterocycles. The van der Waals surface area contributed by atoms with Gasteiger partial charge in [0.25, 0.3) is 0 Å². The van der Waals surface area contributed by atoms with Gasteiger partial charge in [-0.1, -0.05) is 0 Å². The van der Waals surface area contributed by atoms with Crippen LogP contribution in [0.4, 0.5) is 22.0 Å². The van der Waals surface area contributed by atoms with Gasteiger partial charge in [-0.3, -0.25) is 0 Å². The van der Waals surface area contributed by atoms with Crippen LogP contribution in [0.25, 0.3) is 0 Å². The Morgan fingerprint density at radius 3 is 2.27 bits per heavy atom. The molecule has 10 heteroatoms. The van der Waals surface area contributed by atoms with Gasteiger partial charge >= 0.3 is 12.3 Å². The number of alkyl halides is 4. The van der Waals surface area contributed by atoms with E-state index in [-0.39, 0.29) is 4.24 Å². The summed E-state index contributed by atoms with van der Waals surface area (Å²) in [5, 5.41) is 0. The second-order valence-corrected chi connectivity index (χ2v) is 7.93. The van der Waals surface area contributed by atoms with Crippen molar-refractivity contribution in [1.29, 1.82) is 0 Å². The fourth-order valence-electron chi connectivity index (χ4n) is 0.707. The average molecular weight is 323 g/mol. The first-order valence-electron chi connectivity index (χ1n) is 3.13. The molecule has 1 unspecified atom stereocenters. The Balaban J connectivity index is 3.15. The zero-order chi connectivity index (χ0) is 11.8. The van der Waals surface area contributed by atoms with E-state index in [2.05, 4.69) is 0 Å². The lowest BCUT2D eigenvalue weighted by Gasteiger charge is -2.15. The summed E-state index contributed by atoms with van der Waals surface area (Å²) in [4.78, 5) is -1.38. The standard InChI is InChI=1S/C5HCl2F5S3/c6-13-3-1(8)2(15(7)14-3)5(11,12)4(9)10/h4H. The number of rotatable bonds is 3. The van der Waals surface area contributed by atoms with Gasteiger partial charge in [0.05, 0.1) is 0 Å². The van der Waals surface area contributed by atoms with Crippen LogP contribution in [0.3, 0.4) is 0 Å². The molecule has 88 valence electrons. The van der Waals surface area contributed by atoms with E-state index in [0.29, 0.717) is 21.8 Å². The molecule has 15 heavy (non-hydrogen) atoms. The van der Waals surface area contributed by atoms with E-state index in [1.54, 1.807) is 0 Å². The van der Waals surface area contributed by atoms with Crippen LogP contribution in [0.5, 0.6) is 0 Å². The van der Waals surface area contributed by atoms with Crippen molar-refractivity contribution in [1.82, 2.24) is 0 Å². The molecule has 0 spiro atoms. The van der Waals surface area contributed by atoms with Gasteiger partial charge in [0.2, 0.25) is 0 Å². The lowest BCUT2D eigenvalue weighted by molar-refractivity contribution is -0.0735. The van der Waals surface area contributed by atoms with Crippen molar-refractivity contribution in [2.75, 3.05) is 0 Å². The van der Waals surface area contributed by atoms with E-state index >= 15 is 0 Å². The minimum atomic E-state index is -4.56. The maximum absolute atomic E-state index is 13.2. The van der Waals surface area contributed by atoms with Crippen LogP contribution in [0.1, 0.15) is 0 Å². The monoisotopic (exact) mass is 322 g/mol. The Kier molecular flexibility index (Phi) is 4.68. The van der Waals surface area contributed by atoms with E-state index in [0.717, 1.165) is 0 Å². The molecule has 0 nitrogen and oxygen atoms in total. The first kappa shape index (κ1) is 14.0. The fourth-order valence-corrected chi connectivity index (χ4v) is 6.62. The minimum absolute atomic E-state index is 0.315. The summed E-state index contributed by atoms with van der Waals surface area (Å²) in [6, 6.07) is 0. The SMILES string of the molecule is FC1=C(SCl)SS(Cl)=C1C(F)(F)C(F)F. The highest BCUT2D eigenvalue weighted by Gasteiger charge is 2.51. The lowest BCUT2D eigenvalue weighted by atomic mass is 10.2. The molecule has 0 fully saturated rings. The molecule has 0 saturated heterocycles. The van der Waals surface area contributed by atoms with Crippen molar-refractivity contribution >= 4 is 56.7 Å². The molecule has 0 aromatic carbocycles. The summed E-state index contributed by atoms with van der Waals surface area (Å²) < 4.78 is 62.5.